The minimum atomic E-state index is -0.951. The summed E-state index contributed by atoms with van der Waals surface area (Å²) < 4.78 is 20.1. The van der Waals surface area contributed by atoms with E-state index < -0.39 is 5.60 Å². The molecule has 142 valence electrons. The molecule has 0 saturated heterocycles. The lowest BCUT2D eigenvalue weighted by molar-refractivity contribution is -0.126. The number of carbonyl (C=O) groups excluding carboxylic acids is 1. The summed E-state index contributed by atoms with van der Waals surface area (Å²) in [5.74, 6) is 0.0682. The number of carbonyl (C=O) groups is 1. The van der Waals surface area contributed by atoms with E-state index in [0.29, 0.717) is 21.8 Å². The van der Waals surface area contributed by atoms with Gasteiger partial charge < -0.3 is 4.74 Å². The molecule has 0 aliphatic carbocycles. The van der Waals surface area contributed by atoms with Crippen LogP contribution in [0.3, 0.4) is 0 Å². The first-order chi connectivity index (χ1) is 12.4. The second kappa shape index (κ2) is 9.77. The zero-order valence-electron chi connectivity index (χ0n) is 16.8. The summed E-state index contributed by atoms with van der Waals surface area (Å²) in [5, 5.41) is 0. The van der Waals surface area contributed by atoms with E-state index in [2.05, 4.69) is 0 Å². The van der Waals surface area contributed by atoms with E-state index >= 15 is 0 Å². The third-order valence-electron chi connectivity index (χ3n) is 3.83. The lowest BCUT2D eigenvalue weighted by Gasteiger charge is -2.18. The minimum absolute atomic E-state index is 0.0790. The van der Waals surface area contributed by atoms with Crippen molar-refractivity contribution in [2.24, 2.45) is 0 Å². The average Bonchev–Trinajstić information content (AvgIpc) is 2.86. The number of allylic oxidation sites excluding steroid dienone is 4. The van der Waals surface area contributed by atoms with Crippen LogP contribution in [0, 0.1) is 5.82 Å². The van der Waals surface area contributed by atoms with Gasteiger partial charge in [0.25, 0.3) is 0 Å². The zero-order chi connectivity index (χ0) is 19.9. The van der Waals surface area contributed by atoms with E-state index in [-0.39, 0.29) is 11.6 Å². The van der Waals surface area contributed by atoms with Gasteiger partial charge in [-0.15, -0.1) is 11.8 Å². The summed E-state index contributed by atoms with van der Waals surface area (Å²) in [6.07, 6.45) is 8.40. The SMILES string of the molecule is C/C=C\C(=C/CC)C1=C(c2ccc(SC)c(F)c2)OC(C)(C)C1=O.CC. The van der Waals surface area contributed by atoms with Crippen molar-refractivity contribution in [1.29, 1.82) is 0 Å². The van der Waals surface area contributed by atoms with Crippen LogP contribution in [-0.2, 0) is 9.53 Å². The van der Waals surface area contributed by atoms with Crippen LogP contribution in [0.2, 0.25) is 0 Å². The molecule has 1 aliphatic heterocycles. The third-order valence-corrected chi connectivity index (χ3v) is 4.60. The van der Waals surface area contributed by atoms with Gasteiger partial charge in [0.05, 0.1) is 5.57 Å². The van der Waals surface area contributed by atoms with Gasteiger partial charge in [0, 0.05) is 10.5 Å². The Balaban J connectivity index is 0.00000163. The monoisotopic (exact) mass is 376 g/mol. The summed E-state index contributed by atoms with van der Waals surface area (Å²) in [6.45, 7) is 11.4. The van der Waals surface area contributed by atoms with Gasteiger partial charge in [-0.25, -0.2) is 4.39 Å². The predicted molar refractivity (Wildman–Crippen MR) is 110 cm³/mol. The van der Waals surface area contributed by atoms with Crippen molar-refractivity contribution in [3.8, 4) is 0 Å². The average molecular weight is 377 g/mol. The van der Waals surface area contributed by atoms with Crippen LogP contribution in [0.5, 0.6) is 0 Å². The molecule has 0 unspecified atom stereocenters. The zero-order valence-corrected chi connectivity index (χ0v) is 17.6. The Kier molecular flexibility index (Phi) is 8.35. The maximum atomic E-state index is 14.2. The summed E-state index contributed by atoms with van der Waals surface area (Å²) >= 11 is 1.35. The van der Waals surface area contributed by atoms with Crippen LogP contribution in [0.4, 0.5) is 4.39 Å². The highest BCUT2D eigenvalue weighted by Crippen LogP contribution is 2.40. The van der Waals surface area contributed by atoms with Crippen LogP contribution in [0.25, 0.3) is 5.76 Å². The van der Waals surface area contributed by atoms with Crippen LogP contribution in [0.1, 0.15) is 53.5 Å². The maximum Gasteiger partial charge on any atom is 0.210 e. The molecule has 0 amide bonds. The quantitative estimate of drug-likeness (QED) is 0.429. The standard InChI is InChI=1S/C20H23FO2S.C2H6/c1-6-8-13(9-7-2)17-18(23-20(3,4)19(17)22)14-10-11-16(24-5)15(21)12-14;1-2/h6,8-12H,7H2,1-5H3;1-2H3/b8-6-,13-9+;. The predicted octanol–water partition coefficient (Wildman–Crippen LogP) is 6.58. The minimum Gasteiger partial charge on any atom is -0.478 e. The topological polar surface area (TPSA) is 26.3 Å². The van der Waals surface area contributed by atoms with E-state index in [1.54, 1.807) is 26.0 Å². The highest BCUT2D eigenvalue weighted by Gasteiger charge is 2.43. The molecule has 0 saturated carbocycles. The number of hydrogen-bond donors (Lipinski definition) is 0. The number of hydrogen-bond acceptors (Lipinski definition) is 3. The van der Waals surface area contributed by atoms with Crippen molar-refractivity contribution in [3.05, 3.63) is 59.0 Å². The maximum absolute atomic E-state index is 14.2. The van der Waals surface area contributed by atoms with Gasteiger partial charge in [-0.2, -0.15) is 0 Å². The fourth-order valence-electron chi connectivity index (χ4n) is 2.68. The summed E-state index contributed by atoms with van der Waals surface area (Å²) in [5.41, 5.74) is 0.982. The molecule has 0 atom stereocenters. The second-order valence-electron chi connectivity index (χ2n) is 6.06. The molecule has 1 aromatic carbocycles. The van der Waals surface area contributed by atoms with Crippen LogP contribution in [0.15, 0.2) is 52.5 Å². The van der Waals surface area contributed by atoms with Gasteiger partial charge in [0.15, 0.2) is 5.60 Å². The number of thioether (sulfide) groups is 1. The first kappa shape index (κ1) is 22.2. The highest BCUT2D eigenvalue weighted by molar-refractivity contribution is 7.98. The number of Topliss-reactive ketones (excluding diaryl/α,β-unsaturated/α-hetero) is 1. The van der Waals surface area contributed by atoms with Crippen molar-refractivity contribution < 1.29 is 13.9 Å². The number of rotatable bonds is 5. The number of halogens is 1. The van der Waals surface area contributed by atoms with Gasteiger partial charge in [-0.3, -0.25) is 4.79 Å². The van der Waals surface area contributed by atoms with E-state index in [1.807, 2.05) is 52.2 Å². The summed E-state index contributed by atoms with van der Waals surface area (Å²) in [7, 11) is 0. The normalized spacial score (nSPS) is 16.6. The van der Waals surface area contributed by atoms with E-state index in [0.717, 1.165) is 12.0 Å². The Labute approximate surface area is 161 Å². The largest absolute Gasteiger partial charge is 0.478 e. The van der Waals surface area contributed by atoms with Gasteiger partial charge in [0.2, 0.25) is 5.78 Å². The Morgan fingerprint density at radius 1 is 1.31 bits per heavy atom. The molecule has 26 heavy (non-hydrogen) atoms. The molecule has 0 spiro atoms. The molecule has 2 rings (SSSR count). The Hall–Kier alpha value is -1.81. The number of ketones is 1. The van der Waals surface area contributed by atoms with Crippen molar-refractivity contribution in [1.82, 2.24) is 0 Å². The van der Waals surface area contributed by atoms with Gasteiger partial charge in [0.1, 0.15) is 11.6 Å². The Morgan fingerprint density at radius 2 is 1.96 bits per heavy atom. The van der Waals surface area contributed by atoms with Crippen molar-refractivity contribution in [2.75, 3.05) is 6.26 Å². The fraction of sp³-hybridized carbons (Fsp3) is 0.409. The van der Waals surface area contributed by atoms with E-state index in [9.17, 15) is 9.18 Å². The molecule has 1 aliphatic rings. The van der Waals surface area contributed by atoms with Crippen molar-refractivity contribution >= 4 is 23.3 Å². The molecule has 0 bridgehead atoms. The summed E-state index contributed by atoms with van der Waals surface area (Å²) in [6, 6.07) is 4.96. The van der Waals surface area contributed by atoms with Crippen molar-refractivity contribution in [2.45, 2.75) is 58.5 Å². The van der Waals surface area contributed by atoms with Crippen LogP contribution >= 0.6 is 11.8 Å². The van der Waals surface area contributed by atoms with Gasteiger partial charge >= 0.3 is 0 Å². The Morgan fingerprint density at radius 3 is 2.46 bits per heavy atom. The molecule has 1 heterocycles. The summed E-state index contributed by atoms with van der Waals surface area (Å²) in [4.78, 5) is 13.4. The molecular formula is C22H29FO2S. The van der Waals surface area contributed by atoms with E-state index in [1.165, 1.54) is 17.8 Å². The molecule has 2 nitrogen and oxygen atoms in total. The first-order valence-corrected chi connectivity index (χ1v) is 10.2. The molecular weight excluding hydrogens is 347 g/mol. The molecule has 0 radical (unpaired) electrons. The first-order valence-electron chi connectivity index (χ1n) is 9.01. The second-order valence-corrected chi connectivity index (χ2v) is 6.91. The smallest absolute Gasteiger partial charge is 0.210 e. The van der Waals surface area contributed by atoms with Crippen LogP contribution in [-0.4, -0.2) is 17.6 Å². The molecule has 1 aromatic rings. The van der Waals surface area contributed by atoms with E-state index in [4.69, 9.17) is 4.74 Å². The molecule has 0 aromatic heterocycles. The lowest BCUT2D eigenvalue weighted by Crippen LogP contribution is -2.29. The molecule has 0 fully saturated rings. The number of benzene rings is 1. The van der Waals surface area contributed by atoms with Gasteiger partial charge in [-0.1, -0.05) is 39.0 Å². The number of ether oxygens (including phenoxy) is 1. The van der Waals surface area contributed by atoms with Crippen LogP contribution < -0.4 is 0 Å². The highest BCUT2D eigenvalue weighted by atomic mass is 32.2. The lowest BCUT2D eigenvalue weighted by atomic mass is 9.91. The molecule has 4 heteroatoms. The third kappa shape index (κ3) is 4.67. The van der Waals surface area contributed by atoms with Crippen molar-refractivity contribution in [3.63, 3.8) is 0 Å². The van der Waals surface area contributed by atoms with Gasteiger partial charge in [-0.05, 0) is 57.2 Å². The molecule has 0 N–H and O–H groups in total. The fourth-order valence-corrected chi connectivity index (χ4v) is 3.14. The Bertz CT molecular complexity index is 743.